The lowest BCUT2D eigenvalue weighted by molar-refractivity contribution is -0.117. The summed E-state index contributed by atoms with van der Waals surface area (Å²) in [5, 5.41) is 21.1. The third-order valence-corrected chi connectivity index (χ3v) is 3.99. The standard InChI is InChI=1S/C20H23N3O2/c1-13-5-7-19(8-6-13)23-14(2)9-17(16(23)4)10-18(11-21)20(25)22-12-15(3)24/h5-10,15,24H,12H2,1-4H3,(H,22,25)/b18-10+. The van der Waals surface area contributed by atoms with Crippen molar-refractivity contribution in [3.63, 3.8) is 0 Å². The van der Waals surface area contributed by atoms with E-state index in [9.17, 15) is 15.2 Å². The first-order chi connectivity index (χ1) is 11.8. The van der Waals surface area contributed by atoms with Gasteiger partial charge in [0.25, 0.3) is 5.91 Å². The van der Waals surface area contributed by atoms with E-state index in [2.05, 4.69) is 9.88 Å². The highest BCUT2D eigenvalue weighted by Gasteiger charge is 2.14. The van der Waals surface area contributed by atoms with E-state index in [-0.39, 0.29) is 12.1 Å². The molecule has 0 spiro atoms. The number of nitrogens with zero attached hydrogens (tertiary/aromatic N) is 2. The van der Waals surface area contributed by atoms with Gasteiger partial charge in [-0.15, -0.1) is 0 Å². The van der Waals surface area contributed by atoms with Crippen LogP contribution in [0.3, 0.4) is 0 Å². The van der Waals surface area contributed by atoms with Crippen LogP contribution in [0, 0.1) is 32.1 Å². The van der Waals surface area contributed by atoms with E-state index in [0.29, 0.717) is 0 Å². The number of rotatable bonds is 5. The lowest BCUT2D eigenvalue weighted by atomic mass is 10.1. The summed E-state index contributed by atoms with van der Waals surface area (Å²) >= 11 is 0. The summed E-state index contributed by atoms with van der Waals surface area (Å²) in [4.78, 5) is 12.1. The zero-order chi connectivity index (χ0) is 18.6. The van der Waals surface area contributed by atoms with Crippen molar-refractivity contribution in [2.75, 3.05) is 6.54 Å². The molecule has 5 nitrogen and oxygen atoms in total. The van der Waals surface area contributed by atoms with Gasteiger partial charge in [0.15, 0.2) is 0 Å². The SMILES string of the molecule is Cc1ccc(-n2c(C)cc(/C=C(\C#N)C(=O)NCC(C)O)c2C)cc1. The van der Waals surface area contributed by atoms with Crippen LogP contribution in [-0.2, 0) is 4.79 Å². The highest BCUT2D eigenvalue weighted by atomic mass is 16.3. The van der Waals surface area contributed by atoms with Crippen LogP contribution in [0.2, 0.25) is 0 Å². The van der Waals surface area contributed by atoms with E-state index >= 15 is 0 Å². The molecule has 2 aromatic rings. The minimum Gasteiger partial charge on any atom is -0.392 e. The summed E-state index contributed by atoms with van der Waals surface area (Å²) in [6, 6.07) is 12.1. The van der Waals surface area contributed by atoms with Crippen molar-refractivity contribution in [1.29, 1.82) is 5.26 Å². The van der Waals surface area contributed by atoms with Crippen molar-refractivity contribution >= 4 is 12.0 Å². The zero-order valence-electron chi connectivity index (χ0n) is 15.0. The van der Waals surface area contributed by atoms with Gasteiger partial charge in [0.05, 0.1) is 6.10 Å². The van der Waals surface area contributed by atoms with E-state index < -0.39 is 12.0 Å². The molecular formula is C20H23N3O2. The topological polar surface area (TPSA) is 78.0 Å². The normalized spacial score (nSPS) is 12.6. The van der Waals surface area contributed by atoms with Gasteiger partial charge in [0.2, 0.25) is 0 Å². The van der Waals surface area contributed by atoms with E-state index in [1.165, 1.54) is 5.56 Å². The Kier molecular flexibility index (Phi) is 5.79. The van der Waals surface area contributed by atoms with Gasteiger partial charge in [-0.3, -0.25) is 4.79 Å². The molecular weight excluding hydrogens is 314 g/mol. The Bertz CT molecular complexity index is 837. The molecule has 0 fully saturated rings. The predicted molar refractivity (Wildman–Crippen MR) is 98.3 cm³/mol. The number of aromatic nitrogens is 1. The molecule has 1 atom stereocenters. The fraction of sp³-hybridized carbons (Fsp3) is 0.300. The summed E-state index contributed by atoms with van der Waals surface area (Å²) < 4.78 is 2.09. The Morgan fingerprint density at radius 2 is 1.96 bits per heavy atom. The Hall–Kier alpha value is -2.84. The Balaban J connectivity index is 2.37. The first-order valence-electron chi connectivity index (χ1n) is 8.17. The molecule has 1 aromatic heterocycles. The zero-order valence-corrected chi connectivity index (χ0v) is 15.0. The molecule has 0 aliphatic rings. The van der Waals surface area contributed by atoms with Crippen molar-refractivity contribution in [3.8, 4) is 11.8 Å². The first-order valence-corrected chi connectivity index (χ1v) is 8.17. The number of carbonyl (C=O) groups is 1. The van der Waals surface area contributed by atoms with Crippen LogP contribution in [0.15, 0.2) is 35.9 Å². The molecule has 130 valence electrons. The molecule has 1 amide bonds. The predicted octanol–water partition coefficient (Wildman–Crippen LogP) is 2.81. The Labute approximate surface area is 148 Å². The molecule has 25 heavy (non-hydrogen) atoms. The molecule has 0 aliphatic carbocycles. The second kappa shape index (κ2) is 7.82. The first kappa shape index (κ1) is 18.5. The number of aliphatic hydroxyl groups excluding tert-OH is 1. The summed E-state index contributed by atoms with van der Waals surface area (Å²) in [7, 11) is 0. The molecule has 0 bridgehead atoms. The maximum atomic E-state index is 12.1. The third kappa shape index (κ3) is 4.37. The lowest BCUT2D eigenvalue weighted by Gasteiger charge is -2.10. The fourth-order valence-electron chi connectivity index (χ4n) is 2.66. The quantitative estimate of drug-likeness (QED) is 0.650. The average Bonchev–Trinajstić information content (AvgIpc) is 2.85. The van der Waals surface area contributed by atoms with Crippen molar-refractivity contribution in [1.82, 2.24) is 9.88 Å². The van der Waals surface area contributed by atoms with Gasteiger partial charge in [-0.1, -0.05) is 17.7 Å². The molecule has 0 saturated heterocycles. The number of hydrogen-bond acceptors (Lipinski definition) is 3. The number of benzene rings is 1. The molecule has 2 N–H and O–H groups in total. The molecule has 0 aliphatic heterocycles. The second-order valence-corrected chi connectivity index (χ2v) is 6.23. The number of amides is 1. The highest BCUT2D eigenvalue weighted by Crippen LogP contribution is 2.23. The van der Waals surface area contributed by atoms with Gasteiger partial charge in [-0.05, 0) is 57.5 Å². The van der Waals surface area contributed by atoms with Crippen LogP contribution >= 0.6 is 0 Å². The lowest BCUT2D eigenvalue weighted by Crippen LogP contribution is -2.31. The van der Waals surface area contributed by atoms with Gasteiger partial charge >= 0.3 is 0 Å². The maximum Gasteiger partial charge on any atom is 0.262 e. The number of aryl methyl sites for hydroxylation is 2. The van der Waals surface area contributed by atoms with E-state index in [0.717, 1.165) is 22.6 Å². The number of aliphatic hydroxyl groups is 1. The number of carbonyl (C=O) groups excluding carboxylic acids is 1. The minimum atomic E-state index is -0.657. The molecule has 5 heteroatoms. The minimum absolute atomic E-state index is 0.0183. The van der Waals surface area contributed by atoms with Crippen molar-refractivity contribution in [2.24, 2.45) is 0 Å². The number of nitrogens with one attached hydrogen (secondary N) is 1. The smallest absolute Gasteiger partial charge is 0.262 e. The second-order valence-electron chi connectivity index (χ2n) is 6.23. The number of nitriles is 1. The van der Waals surface area contributed by atoms with Crippen LogP contribution < -0.4 is 5.32 Å². The third-order valence-electron chi connectivity index (χ3n) is 3.99. The van der Waals surface area contributed by atoms with Crippen molar-refractivity contribution < 1.29 is 9.90 Å². The van der Waals surface area contributed by atoms with E-state index in [1.807, 2.05) is 57.2 Å². The number of hydrogen-bond donors (Lipinski definition) is 2. The van der Waals surface area contributed by atoms with Crippen LogP contribution in [0.4, 0.5) is 0 Å². The van der Waals surface area contributed by atoms with Gasteiger partial charge in [-0.2, -0.15) is 5.26 Å². The van der Waals surface area contributed by atoms with Crippen LogP contribution in [0.25, 0.3) is 11.8 Å². The summed E-state index contributed by atoms with van der Waals surface area (Å²) in [5.41, 5.74) is 5.04. The van der Waals surface area contributed by atoms with Gasteiger partial charge < -0.3 is 15.0 Å². The fourth-order valence-corrected chi connectivity index (χ4v) is 2.66. The van der Waals surface area contributed by atoms with E-state index in [1.54, 1.807) is 13.0 Å². The van der Waals surface area contributed by atoms with E-state index in [4.69, 9.17) is 0 Å². The Morgan fingerprint density at radius 1 is 1.32 bits per heavy atom. The average molecular weight is 337 g/mol. The molecule has 1 heterocycles. The molecule has 2 rings (SSSR count). The van der Waals surface area contributed by atoms with Crippen LogP contribution in [-0.4, -0.2) is 28.2 Å². The highest BCUT2D eigenvalue weighted by molar-refractivity contribution is 6.01. The van der Waals surface area contributed by atoms with Crippen LogP contribution in [0.5, 0.6) is 0 Å². The van der Waals surface area contributed by atoms with Gasteiger partial charge in [0.1, 0.15) is 11.6 Å². The summed E-state index contributed by atoms with van der Waals surface area (Å²) in [6.45, 7) is 7.68. The van der Waals surface area contributed by atoms with Crippen molar-refractivity contribution in [2.45, 2.75) is 33.8 Å². The van der Waals surface area contributed by atoms with Crippen LogP contribution in [0.1, 0.15) is 29.4 Å². The molecule has 1 unspecified atom stereocenters. The maximum absolute atomic E-state index is 12.1. The largest absolute Gasteiger partial charge is 0.392 e. The molecule has 0 saturated carbocycles. The molecule has 1 aromatic carbocycles. The molecule has 0 radical (unpaired) electrons. The van der Waals surface area contributed by atoms with Gasteiger partial charge in [0, 0.05) is 23.6 Å². The monoisotopic (exact) mass is 337 g/mol. The summed E-state index contributed by atoms with van der Waals surface area (Å²) in [5.74, 6) is -0.483. The van der Waals surface area contributed by atoms with Crippen molar-refractivity contribution in [3.05, 3.63) is 58.4 Å². The summed E-state index contributed by atoms with van der Waals surface area (Å²) in [6.07, 6.45) is 0.931. The Morgan fingerprint density at radius 3 is 2.52 bits per heavy atom. The van der Waals surface area contributed by atoms with Gasteiger partial charge in [-0.25, -0.2) is 0 Å².